The number of amides is 1. The van der Waals surface area contributed by atoms with Crippen molar-refractivity contribution in [2.75, 3.05) is 31.1 Å². The van der Waals surface area contributed by atoms with Gasteiger partial charge in [-0.05, 0) is 13.8 Å². The van der Waals surface area contributed by atoms with E-state index in [4.69, 9.17) is 5.73 Å². The molecular weight excluding hydrogens is 248 g/mol. The predicted octanol–water partition coefficient (Wildman–Crippen LogP) is 0.837. The number of carbonyl (C=O) groups excluding carboxylic acids is 1. The Balaban J connectivity index is 1.86. The third-order valence-corrected chi connectivity index (χ3v) is 4.03. The number of hydrogen-bond donors (Lipinski definition) is 1. The molecule has 0 aromatic carbocycles. The summed E-state index contributed by atoms with van der Waals surface area (Å²) in [5.74, 6) is 0.167. The van der Waals surface area contributed by atoms with Gasteiger partial charge >= 0.3 is 0 Å². The number of anilines is 1. The Bertz CT molecular complexity index is 410. The number of piperazine rings is 1. The summed E-state index contributed by atoms with van der Waals surface area (Å²) in [5.41, 5.74) is 6.72. The summed E-state index contributed by atoms with van der Waals surface area (Å²) in [6, 6.07) is -0.0582. The summed E-state index contributed by atoms with van der Waals surface area (Å²) in [7, 11) is 0. The van der Waals surface area contributed by atoms with Crippen LogP contribution < -0.4 is 10.6 Å². The lowest BCUT2D eigenvalue weighted by atomic mass is 10.2. The summed E-state index contributed by atoms with van der Waals surface area (Å²) in [5, 5.41) is 3.12. The van der Waals surface area contributed by atoms with Crippen molar-refractivity contribution >= 4 is 22.4 Å². The molecule has 6 heteroatoms. The summed E-state index contributed by atoms with van der Waals surface area (Å²) < 4.78 is 0. The number of nitrogens with zero attached hydrogens (tertiary/aromatic N) is 3. The van der Waals surface area contributed by atoms with E-state index in [0.29, 0.717) is 6.42 Å². The first kappa shape index (κ1) is 13.3. The van der Waals surface area contributed by atoms with Crippen LogP contribution in [-0.4, -0.2) is 48.0 Å². The lowest BCUT2D eigenvalue weighted by molar-refractivity contribution is -0.131. The van der Waals surface area contributed by atoms with E-state index in [1.807, 2.05) is 18.7 Å². The van der Waals surface area contributed by atoms with Gasteiger partial charge in [0.25, 0.3) is 0 Å². The summed E-state index contributed by atoms with van der Waals surface area (Å²) in [4.78, 5) is 20.5. The minimum Gasteiger partial charge on any atom is -0.345 e. The van der Waals surface area contributed by atoms with Crippen LogP contribution in [0.4, 0.5) is 5.13 Å². The molecule has 0 saturated carbocycles. The standard InChI is InChI=1S/C12H20N4OS/c1-9(13)7-11(17)15-3-5-16(6-4-15)12-14-10(2)8-18-12/h8-9H,3-7,13H2,1-2H3. The molecule has 1 unspecified atom stereocenters. The van der Waals surface area contributed by atoms with Crippen LogP contribution in [-0.2, 0) is 4.79 Å². The number of aryl methyl sites for hydroxylation is 1. The van der Waals surface area contributed by atoms with Crippen molar-refractivity contribution in [2.45, 2.75) is 26.3 Å². The van der Waals surface area contributed by atoms with Gasteiger partial charge in [-0.1, -0.05) is 0 Å². The van der Waals surface area contributed by atoms with E-state index in [9.17, 15) is 4.79 Å². The summed E-state index contributed by atoms with van der Waals surface area (Å²) >= 11 is 1.67. The van der Waals surface area contributed by atoms with Crippen molar-refractivity contribution < 1.29 is 4.79 Å². The molecule has 0 spiro atoms. The molecule has 2 heterocycles. The molecule has 5 nitrogen and oxygen atoms in total. The van der Waals surface area contributed by atoms with Gasteiger partial charge in [-0.3, -0.25) is 4.79 Å². The fourth-order valence-corrected chi connectivity index (χ4v) is 2.90. The first-order valence-electron chi connectivity index (χ1n) is 6.26. The van der Waals surface area contributed by atoms with E-state index >= 15 is 0 Å². The molecule has 1 aromatic rings. The normalized spacial score (nSPS) is 17.9. The van der Waals surface area contributed by atoms with Crippen LogP contribution >= 0.6 is 11.3 Å². The van der Waals surface area contributed by atoms with Gasteiger partial charge in [-0.25, -0.2) is 4.98 Å². The molecule has 1 aliphatic rings. The number of rotatable bonds is 3. The molecular formula is C12H20N4OS. The average molecular weight is 268 g/mol. The maximum atomic E-state index is 11.9. The van der Waals surface area contributed by atoms with E-state index in [-0.39, 0.29) is 11.9 Å². The smallest absolute Gasteiger partial charge is 0.224 e. The Morgan fingerprint density at radius 1 is 1.50 bits per heavy atom. The number of thiazole rings is 1. The molecule has 0 bridgehead atoms. The molecule has 1 amide bonds. The highest BCUT2D eigenvalue weighted by molar-refractivity contribution is 7.13. The van der Waals surface area contributed by atoms with Crippen LogP contribution in [0.25, 0.3) is 0 Å². The quantitative estimate of drug-likeness (QED) is 0.882. The molecule has 1 atom stereocenters. The molecule has 1 fully saturated rings. The predicted molar refractivity (Wildman–Crippen MR) is 73.9 cm³/mol. The van der Waals surface area contributed by atoms with Gasteiger partial charge in [-0.15, -0.1) is 11.3 Å². The monoisotopic (exact) mass is 268 g/mol. The second-order valence-corrected chi connectivity index (χ2v) is 5.66. The van der Waals surface area contributed by atoms with Crippen molar-refractivity contribution in [1.82, 2.24) is 9.88 Å². The zero-order valence-corrected chi connectivity index (χ0v) is 11.7. The molecule has 0 radical (unpaired) electrons. The zero-order valence-electron chi connectivity index (χ0n) is 10.9. The summed E-state index contributed by atoms with van der Waals surface area (Å²) in [6.07, 6.45) is 0.441. The minimum absolute atomic E-state index is 0.0582. The molecule has 1 aliphatic heterocycles. The second kappa shape index (κ2) is 5.67. The number of hydrogen-bond acceptors (Lipinski definition) is 5. The molecule has 18 heavy (non-hydrogen) atoms. The summed E-state index contributed by atoms with van der Waals surface area (Å²) in [6.45, 7) is 7.12. The van der Waals surface area contributed by atoms with Crippen LogP contribution in [0, 0.1) is 6.92 Å². The first-order valence-corrected chi connectivity index (χ1v) is 7.14. The largest absolute Gasteiger partial charge is 0.345 e. The molecule has 2 rings (SSSR count). The Morgan fingerprint density at radius 2 is 2.17 bits per heavy atom. The lowest BCUT2D eigenvalue weighted by Crippen LogP contribution is -2.49. The fourth-order valence-electron chi connectivity index (χ4n) is 2.04. The van der Waals surface area contributed by atoms with Crippen molar-refractivity contribution in [3.63, 3.8) is 0 Å². The zero-order chi connectivity index (χ0) is 13.1. The topological polar surface area (TPSA) is 62.5 Å². The Morgan fingerprint density at radius 3 is 2.67 bits per heavy atom. The Hall–Kier alpha value is -1.14. The van der Waals surface area contributed by atoms with Gasteiger partial charge in [0.05, 0.1) is 5.69 Å². The van der Waals surface area contributed by atoms with Gasteiger partial charge in [-0.2, -0.15) is 0 Å². The van der Waals surface area contributed by atoms with Crippen molar-refractivity contribution in [1.29, 1.82) is 0 Å². The lowest BCUT2D eigenvalue weighted by Gasteiger charge is -2.34. The van der Waals surface area contributed by atoms with E-state index in [0.717, 1.165) is 37.0 Å². The maximum Gasteiger partial charge on any atom is 0.224 e. The van der Waals surface area contributed by atoms with Crippen LogP contribution in [0.2, 0.25) is 0 Å². The molecule has 2 N–H and O–H groups in total. The number of aromatic nitrogens is 1. The average Bonchev–Trinajstić information content (AvgIpc) is 2.75. The Labute approximate surface area is 112 Å². The van der Waals surface area contributed by atoms with Gasteiger partial charge in [0.15, 0.2) is 5.13 Å². The van der Waals surface area contributed by atoms with Gasteiger partial charge in [0, 0.05) is 44.0 Å². The number of carbonyl (C=O) groups is 1. The van der Waals surface area contributed by atoms with Crippen molar-refractivity contribution in [3.05, 3.63) is 11.1 Å². The van der Waals surface area contributed by atoms with E-state index in [1.165, 1.54) is 0 Å². The van der Waals surface area contributed by atoms with Gasteiger partial charge in [0.1, 0.15) is 0 Å². The highest BCUT2D eigenvalue weighted by Gasteiger charge is 2.22. The second-order valence-electron chi connectivity index (χ2n) is 4.82. The maximum absolute atomic E-state index is 11.9. The molecule has 1 saturated heterocycles. The van der Waals surface area contributed by atoms with Crippen LogP contribution in [0.15, 0.2) is 5.38 Å². The van der Waals surface area contributed by atoms with Crippen molar-refractivity contribution in [2.24, 2.45) is 5.73 Å². The van der Waals surface area contributed by atoms with E-state index < -0.39 is 0 Å². The van der Waals surface area contributed by atoms with E-state index in [2.05, 4.69) is 15.3 Å². The van der Waals surface area contributed by atoms with Gasteiger partial charge in [0.2, 0.25) is 5.91 Å². The first-order chi connectivity index (χ1) is 8.56. The van der Waals surface area contributed by atoms with Crippen LogP contribution in [0.3, 0.4) is 0 Å². The molecule has 0 aliphatic carbocycles. The number of nitrogens with two attached hydrogens (primary N) is 1. The highest BCUT2D eigenvalue weighted by atomic mass is 32.1. The molecule has 100 valence electrons. The molecule has 1 aromatic heterocycles. The minimum atomic E-state index is -0.0582. The fraction of sp³-hybridized carbons (Fsp3) is 0.667. The van der Waals surface area contributed by atoms with E-state index in [1.54, 1.807) is 11.3 Å². The van der Waals surface area contributed by atoms with Crippen LogP contribution in [0.5, 0.6) is 0 Å². The van der Waals surface area contributed by atoms with Crippen LogP contribution in [0.1, 0.15) is 19.0 Å². The highest BCUT2D eigenvalue weighted by Crippen LogP contribution is 2.21. The SMILES string of the molecule is Cc1csc(N2CCN(C(=O)CC(C)N)CC2)n1. The Kier molecular flexibility index (Phi) is 4.19. The third kappa shape index (κ3) is 3.20. The third-order valence-electron chi connectivity index (χ3n) is 3.01. The van der Waals surface area contributed by atoms with Crippen molar-refractivity contribution in [3.8, 4) is 0 Å². The van der Waals surface area contributed by atoms with Gasteiger partial charge < -0.3 is 15.5 Å².